The number of aromatic hydroxyl groups is 1. The van der Waals surface area contributed by atoms with E-state index in [0.717, 1.165) is 18.2 Å². The van der Waals surface area contributed by atoms with Crippen molar-refractivity contribution >= 4 is 22.8 Å². The Morgan fingerprint density at radius 3 is 2.70 bits per heavy atom. The Hall–Kier alpha value is -2.90. The van der Waals surface area contributed by atoms with E-state index >= 15 is 0 Å². The highest BCUT2D eigenvalue weighted by molar-refractivity contribution is 6.02. The SMILES string of the molecule is O=C(O)CNC(=O)c1c(O)c2ccc(F)cc2oc1=O. The van der Waals surface area contributed by atoms with Crippen LogP contribution in [0.1, 0.15) is 10.4 Å². The summed E-state index contributed by atoms with van der Waals surface area (Å²) < 4.78 is 17.7. The van der Waals surface area contributed by atoms with Gasteiger partial charge in [0, 0.05) is 6.07 Å². The van der Waals surface area contributed by atoms with E-state index in [0.29, 0.717) is 0 Å². The third-order valence-corrected chi connectivity index (χ3v) is 2.47. The fourth-order valence-corrected chi connectivity index (χ4v) is 1.60. The van der Waals surface area contributed by atoms with Gasteiger partial charge in [0.05, 0.1) is 5.39 Å². The van der Waals surface area contributed by atoms with Gasteiger partial charge in [-0.15, -0.1) is 0 Å². The lowest BCUT2D eigenvalue weighted by Crippen LogP contribution is -2.32. The molecule has 7 nitrogen and oxygen atoms in total. The van der Waals surface area contributed by atoms with Crippen molar-refractivity contribution in [3.63, 3.8) is 0 Å². The first kappa shape index (κ1) is 13.5. The molecule has 1 aromatic carbocycles. The lowest BCUT2D eigenvalue weighted by molar-refractivity contribution is -0.135. The van der Waals surface area contributed by atoms with E-state index in [1.165, 1.54) is 0 Å². The number of fused-ring (bicyclic) bond motifs is 1. The Balaban J connectivity index is 2.54. The monoisotopic (exact) mass is 281 g/mol. The first-order valence-corrected chi connectivity index (χ1v) is 5.35. The van der Waals surface area contributed by atoms with Gasteiger partial charge in [-0.2, -0.15) is 0 Å². The third kappa shape index (κ3) is 2.44. The quantitative estimate of drug-likeness (QED) is 0.703. The standard InChI is InChI=1S/C12H8FNO6/c13-5-1-2-6-7(3-5)20-12(19)9(10(6)17)11(18)14-4-8(15)16/h1-3,17H,4H2,(H,14,18)(H,15,16). The molecule has 0 saturated carbocycles. The van der Waals surface area contributed by atoms with Gasteiger partial charge in [0.15, 0.2) is 5.56 Å². The topological polar surface area (TPSA) is 117 Å². The summed E-state index contributed by atoms with van der Waals surface area (Å²) >= 11 is 0. The van der Waals surface area contributed by atoms with Crippen molar-refractivity contribution < 1.29 is 28.6 Å². The summed E-state index contributed by atoms with van der Waals surface area (Å²) in [5.41, 5.74) is -2.14. The van der Waals surface area contributed by atoms with Crippen LogP contribution >= 0.6 is 0 Å². The maximum Gasteiger partial charge on any atom is 0.353 e. The molecule has 0 aliphatic rings. The average molecular weight is 281 g/mol. The van der Waals surface area contributed by atoms with Crippen molar-refractivity contribution in [1.29, 1.82) is 0 Å². The molecule has 0 radical (unpaired) electrons. The van der Waals surface area contributed by atoms with Crippen LogP contribution in [0.3, 0.4) is 0 Å². The minimum atomic E-state index is -1.31. The number of aliphatic carboxylic acids is 1. The van der Waals surface area contributed by atoms with E-state index in [1.807, 2.05) is 5.32 Å². The largest absolute Gasteiger partial charge is 0.506 e. The third-order valence-electron chi connectivity index (χ3n) is 2.47. The Morgan fingerprint density at radius 1 is 1.35 bits per heavy atom. The second kappa shape index (κ2) is 5.00. The van der Waals surface area contributed by atoms with Gasteiger partial charge in [0.2, 0.25) is 0 Å². The summed E-state index contributed by atoms with van der Waals surface area (Å²) in [7, 11) is 0. The molecule has 0 saturated heterocycles. The van der Waals surface area contributed by atoms with Gasteiger partial charge in [0.25, 0.3) is 5.91 Å². The molecule has 8 heteroatoms. The van der Waals surface area contributed by atoms with Crippen molar-refractivity contribution in [2.24, 2.45) is 0 Å². The molecule has 0 bridgehead atoms. The second-order valence-corrected chi connectivity index (χ2v) is 3.83. The number of carboxylic acid groups (broad SMARTS) is 1. The van der Waals surface area contributed by atoms with Crippen molar-refractivity contribution in [2.45, 2.75) is 0 Å². The fourth-order valence-electron chi connectivity index (χ4n) is 1.60. The molecule has 0 spiro atoms. The summed E-state index contributed by atoms with van der Waals surface area (Å²) in [6, 6.07) is 3.04. The highest BCUT2D eigenvalue weighted by Gasteiger charge is 2.21. The summed E-state index contributed by atoms with van der Waals surface area (Å²) in [4.78, 5) is 33.6. The molecule has 0 fully saturated rings. The van der Waals surface area contributed by atoms with Crippen molar-refractivity contribution in [1.82, 2.24) is 5.32 Å². The smallest absolute Gasteiger partial charge is 0.353 e. The van der Waals surface area contributed by atoms with Crippen LogP contribution in [0.5, 0.6) is 5.75 Å². The number of carbonyl (C=O) groups excluding carboxylic acids is 1. The maximum atomic E-state index is 13.0. The van der Waals surface area contributed by atoms with Crippen LogP contribution in [0.25, 0.3) is 11.0 Å². The first-order valence-electron chi connectivity index (χ1n) is 5.35. The molecule has 1 heterocycles. The number of hydrogen-bond acceptors (Lipinski definition) is 5. The molecule has 2 rings (SSSR count). The van der Waals surface area contributed by atoms with Crippen molar-refractivity contribution in [3.8, 4) is 5.75 Å². The van der Waals surface area contributed by atoms with Gasteiger partial charge in [-0.25, -0.2) is 9.18 Å². The van der Waals surface area contributed by atoms with E-state index in [1.54, 1.807) is 0 Å². The number of benzene rings is 1. The molecule has 2 aromatic rings. The zero-order chi connectivity index (χ0) is 14.9. The molecule has 0 atom stereocenters. The second-order valence-electron chi connectivity index (χ2n) is 3.83. The molecule has 104 valence electrons. The zero-order valence-electron chi connectivity index (χ0n) is 9.84. The Bertz CT molecular complexity index is 766. The van der Waals surface area contributed by atoms with Gasteiger partial charge >= 0.3 is 11.6 Å². The molecule has 1 amide bonds. The predicted octanol–water partition coefficient (Wildman–Crippen LogP) is 0.452. The molecule has 1 aromatic heterocycles. The number of halogens is 1. The number of hydrogen-bond donors (Lipinski definition) is 3. The van der Waals surface area contributed by atoms with Gasteiger partial charge < -0.3 is 19.9 Å². The lowest BCUT2D eigenvalue weighted by atomic mass is 10.1. The highest BCUT2D eigenvalue weighted by atomic mass is 19.1. The maximum absolute atomic E-state index is 13.0. The molecule has 0 aliphatic carbocycles. The number of carboxylic acids is 1. The number of rotatable bonds is 3. The average Bonchev–Trinajstić information content (AvgIpc) is 2.35. The van der Waals surface area contributed by atoms with Crippen LogP contribution in [0.2, 0.25) is 0 Å². The fraction of sp³-hybridized carbons (Fsp3) is 0.0833. The van der Waals surface area contributed by atoms with Gasteiger partial charge in [-0.1, -0.05) is 0 Å². The number of carbonyl (C=O) groups is 2. The van der Waals surface area contributed by atoms with Crippen LogP contribution in [0.4, 0.5) is 4.39 Å². The Labute approximate surface area is 110 Å². The number of amides is 1. The predicted molar refractivity (Wildman–Crippen MR) is 64.1 cm³/mol. The van der Waals surface area contributed by atoms with Gasteiger partial charge in [-0.3, -0.25) is 9.59 Å². The van der Waals surface area contributed by atoms with E-state index in [9.17, 15) is 23.9 Å². The van der Waals surface area contributed by atoms with E-state index < -0.39 is 41.2 Å². The molecule has 3 N–H and O–H groups in total. The first-order chi connectivity index (χ1) is 9.40. The highest BCUT2D eigenvalue weighted by Crippen LogP contribution is 2.26. The zero-order valence-corrected chi connectivity index (χ0v) is 9.84. The normalized spacial score (nSPS) is 10.4. The van der Waals surface area contributed by atoms with E-state index in [4.69, 9.17) is 9.52 Å². The molecule has 0 unspecified atom stereocenters. The Morgan fingerprint density at radius 2 is 2.05 bits per heavy atom. The van der Waals surface area contributed by atoms with E-state index in [-0.39, 0.29) is 11.0 Å². The van der Waals surface area contributed by atoms with Gasteiger partial charge in [-0.05, 0) is 12.1 Å². The van der Waals surface area contributed by atoms with E-state index in [2.05, 4.69) is 0 Å². The summed E-state index contributed by atoms with van der Waals surface area (Å²) in [6.45, 7) is -0.723. The summed E-state index contributed by atoms with van der Waals surface area (Å²) in [5, 5.41) is 20.2. The van der Waals surface area contributed by atoms with Crippen molar-refractivity contribution in [2.75, 3.05) is 6.54 Å². The number of nitrogens with one attached hydrogen (secondary N) is 1. The van der Waals surface area contributed by atoms with Crippen LogP contribution < -0.4 is 10.9 Å². The summed E-state index contributed by atoms with van der Waals surface area (Å²) in [5.74, 6) is -3.78. The van der Waals surface area contributed by atoms with Crippen molar-refractivity contribution in [3.05, 3.63) is 40.0 Å². The van der Waals surface area contributed by atoms with Crippen LogP contribution in [-0.4, -0.2) is 28.6 Å². The molecular formula is C12H8FNO6. The Kier molecular flexibility index (Phi) is 3.38. The minimum Gasteiger partial charge on any atom is -0.506 e. The molecule has 0 aliphatic heterocycles. The van der Waals surface area contributed by atoms with Crippen LogP contribution in [0, 0.1) is 5.82 Å². The van der Waals surface area contributed by atoms with Gasteiger partial charge in [0.1, 0.15) is 23.7 Å². The minimum absolute atomic E-state index is 0.0357. The molecular weight excluding hydrogens is 273 g/mol. The summed E-state index contributed by atoms with van der Waals surface area (Å²) in [6.07, 6.45) is 0. The lowest BCUT2D eigenvalue weighted by Gasteiger charge is -2.06. The molecule has 20 heavy (non-hydrogen) atoms. The van der Waals surface area contributed by atoms with Crippen LogP contribution in [0.15, 0.2) is 27.4 Å². The van der Waals surface area contributed by atoms with Crippen LogP contribution in [-0.2, 0) is 4.79 Å².